The normalized spacial score (nSPS) is 10.4. The van der Waals surface area contributed by atoms with Crippen molar-refractivity contribution in [3.05, 3.63) is 47.5 Å². The van der Waals surface area contributed by atoms with Gasteiger partial charge in [-0.2, -0.15) is 0 Å². The Labute approximate surface area is 100.0 Å². The molecular formula is C13H15NO3. The van der Waals surface area contributed by atoms with Crippen LogP contribution >= 0.6 is 0 Å². The molecule has 0 radical (unpaired) electrons. The number of benzene rings is 1. The van der Waals surface area contributed by atoms with Crippen molar-refractivity contribution in [2.45, 2.75) is 13.3 Å². The summed E-state index contributed by atoms with van der Waals surface area (Å²) in [5.74, 6) is -1.51. The van der Waals surface area contributed by atoms with Crippen molar-refractivity contribution in [2.75, 3.05) is 6.54 Å². The molecule has 0 fully saturated rings. The van der Waals surface area contributed by atoms with Crippen molar-refractivity contribution in [1.29, 1.82) is 0 Å². The molecule has 4 nitrogen and oxygen atoms in total. The Balaban J connectivity index is 2.36. The second-order valence-electron chi connectivity index (χ2n) is 3.64. The van der Waals surface area contributed by atoms with Gasteiger partial charge >= 0.3 is 5.97 Å². The highest BCUT2D eigenvalue weighted by Crippen LogP contribution is 2.06. The predicted octanol–water partition coefficient (Wildman–Crippen LogP) is 1.29. The van der Waals surface area contributed by atoms with E-state index in [1.807, 2.05) is 31.2 Å². The lowest BCUT2D eigenvalue weighted by molar-refractivity contribution is -0.131. The highest BCUT2D eigenvalue weighted by molar-refractivity contribution is 5.93. The number of carboxylic acid groups (broad SMARTS) is 1. The molecule has 0 saturated heterocycles. The minimum Gasteiger partial charge on any atom is -0.478 e. The SMILES string of the molecule is Cc1ccccc1CCNC(=O)C=CC(=O)O. The zero-order valence-corrected chi connectivity index (χ0v) is 9.64. The third kappa shape index (κ3) is 4.97. The van der Waals surface area contributed by atoms with Crippen LogP contribution in [-0.2, 0) is 16.0 Å². The van der Waals surface area contributed by atoms with Crippen LogP contribution in [0.3, 0.4) is 0 Å². The topological polar surface area (TPSA) is 66.4 Å². The first-order valence-corrected chi connectivity index (χ1v) is 5.33. The van der Waals surface area contributed by atoms with Crippen molar-refractivity contribution in [3.8, 4) is 0 Å². The molecule has 0 unspecified atom stereocenters. The number of carbonyl (C=O) groups is 2. The van der Waals surface area contributed by atoms with Gasteiger partial charge in [-0.1, -0.05) is 24.3 Å². The molecule has 0 aromatic heterocycles. The highest BCUT2D eigenvalue weighted by Gasteiger charge is 1.99. The van der Waals surface area contributed by atoms with Gasteiger partial charge in [0, 0.05) is 18.7 Å². The molecular weight excluding hydrogens is 218 g/mol. The van der Waals surface area contributed by atoms with E-state index in [1.54, 1.807) is 0 Å². The average Bonchev–Trinajstić information content (AvgIpc) is 2.29. The first kappa shape index (κ1) is 13.0. The third-order valence-corrected chi connectivity index (χ3v) is 2.33. The summed E-state index contributed by atoms with van der Waals surface area (Å²) in [6.45, 7) is 2.51. The Morgan fingerprint density at radius 2 is 2.00 bits per heavy atom. The van der Waals surface area contributed by atoms with Gasteiger partial charge in [0.25, 0.3) is 0 Å². The first-order valence-electron chi connectivity index (χ1n) is 5.33. The maximum absolute atomic E-state index is 11.2. The van der Waals surface area contributed by atoms with Crippen LogP contribution in [-0.4, -0.2) is 23.5 Å². The summed E-state index contributed by atoms with van der Waals surface area (Å²) in [6.07, 6.45) is 2.57. The lowest BCUT2D eigenvalue weighted by Gasteiger charge is -2.05. The minimum absolute atomic E-state index is 0.388. The molecule has 0 heterocycles. The highest BCUT2D eigenvalue weighted by atomic mass is 16.4. The molecule has 90 valence electrons. The number of aryl methyl sites for hydroxylation is 1. The molecule has 0 aliphatic heterocycles. The monoisotopic (exact) mass is 233 g/mol. The van der Waals surface area contributed by atoms with Crippen LogP contribution < -0.4 is 5.32 Å². The summed E-state index contributed by atoms with van der Waals surface area (Å²) in [4.78, 5) is 21.3. The van der Waals surface area contributed by atoms with Crippen LogP contribution in [0.15, 0.2) is 36.4 Å². The molecule has 0 spiro atoms. The van der Waals surface area contributed by atoms with Gasteiger partial charge in [-0.15, -0.1) is 0 Å². The Morgan fingerprint density at radius 1 is 1.29 bits per heavy atom. The van der Waals surface area contributed by atoms with Crippen molar-refractivity contribution in [2.24, 2.45) is 0 Å². The van der Waals surface area contributed by atoms with Gasteiger partial charge in [0.2, 0.25) is 5.91 Å². The molecule has 0 aliphatic carbocycles. The Hall–Kier alpha value is -2.10. The summed E-state index contributed by atoms with van der Waals surface area (Å²) in [5.41, 5.74) is 2.36. The van der Waals surface area contributed by atoms with Gasteiger partial charge in [-0.25, -0.2) is 4.79 Å². The lowest BCUT2D eigenvalue weighted by Crippen LogP contribution is -2.24. The standard InChI is InChI=1S/C13H15NO3/c1-10-4-2-3-5-11(10)8-9-14-12(15)6-7-13(16)17/h2-7H,8-9H2,1H3,(H,14,15)(H,16,17). The predicted molar refractivity (Wildman–Crippen MR) is 64.7 cm³/mol. The molecule has 1 rings (SSSR count). The van der Waals surface area contributed by atoms with Crippen molar-refractivity contribution < 1.29 is 14.7 Å². The number of rotatable bonds is 5. The van der Waals surface area contributed by atoms with E-state index in [4.69, 9.17) is 5.11 Å². The van der Waals surface area contributed by atoms with E-state index in [0.29, 0.717) is 6.54 Å². The van der Waals surface area contributed by atoms with Gasteiger partial charge in [0.15, 0.2) is 0 Å². The number of carbonyl (C=O) groups excluding carboxylic acids is 1. The van der Waals surface area contributed by atoms with Gasteiger partial charge in [-0.3, -0.25) is 4.79 Å². The first-order chi connectivity index (χ1) is 8.09. The number of hydrogen-bond donors (Lipinski definition) is 2. The van der Waals surface area contributed by atoms with Gasteiger partial charge in [0.05, 0.1) is 0 Å². The Kier molecular flexibility index (Phi) is 4.94. The van der Waals surface area contributed by atoms with E-state index in [1.165, 1.54) is 11.1 Å². The molecule has 17 heavy (non-hydrogen) atoms. The lowest BCUT2D eigenvalue weighted by atomic mass is 10.1. The second kappa shape index (κ2) is 6.48. The summed E-state index contributed by atoms with van der Waals surface area (Å²) in [5, 5.41) is 11.0. The summed E-state index contributed by atoms with van der Waals surface area (Å²) in [6, 6.07) is 7.94. The van der Waals surface area contributed by atoms with Crippen molar-refractivity contribution in [3.63, 3.8) is 0 Å². The summed E-state index contributed by atoms with van der Waals surface area (Å²) in [7, 11) is 0. The van der Waals surface area contributed by atoms with Crippen molar-refractivity contribution >= 4 is 11.9 Å². The van der Waals surface area contributed by atoms with Gasteiger partial charge in [0.1, 0.15) is 0 Å². The van der Waals surface area contributed by atoms with Crippen LogP contribution in [0.2, 0.25) is 0 Å². The fourth-order valence-corrected chi connectivity index (χ4v) is 1.42. The fourth-order valence-electron chi connectivity index (χ4n) is 1.42. The van der Waals surface area contributed by atoms with E-state index < -0.39 is 5.97 Å². The molecule has 2 N–H and O–H groups in total. The number of aliphatic carboxylic acids is 1. The zero-order chi connectivity index (χ0) is 12.7. The quantitative estimate of drug-likeness (QED) is 0.753. The fraction of sp³-hybridized carbons (Fsp3) is 0.231. The van der Waals surface area contributed by atoms with E-state index >= 15 is 0 Å². The Bertz CT molecular complexity index is 438. The van der Waals surface area contributed by atoms with E-state index in [0.717, 1.165) is 18.6 Å². The van der Waals surface area contributed by atoms with Gasteiger partial charge < -0.3 is 10.4 Å². The van der Waals surface area contributed by atoms with Crippen LogP contribution in [0.1, 0.15) is 11.1 Å². The van der Waals surface area contributed by atoms with Gasteiger partial charge in [-0.05, 0) is 24.5 Å². The molecule has 4 heteroatoms. The number of carboxylic acids is 1. The zero-order valence-electron chi connectivity index (χ0n) is 9.64. The Morgan fingerprint density at radius 3 is 2.65 bits per heavy atom. The largest absolute Gasteiger partial charge is 0.478 e. The molecule has 0 bridgehead atoms. The van der Waals surface area contributed by atoms with Crippen LogP contribution in [0.4, 0.5) is 0 Å². The molecule has 0 atom stereocenters. The average molecular weight is 233 g/mol. The van der Waals surface area contributed by atoms with E-state index in [2.05, 4.69) is 5.32 Å². The molecule has 0 saturated carbocycles. The van der Waals surface area contributed by atoms with Crippen LogP contribution in [0.5, 0.6) is 0 Å². The molecule has 1 amide bonds. The third-order valence-electron chi connectivity index (χ3n) is 2.33. The van der Waals surface area contributed by atoms with Crippen LogP contribution in [0.25, 0.3) is 0 Å². The number of nitrogens with one attached hydrogen (secondary N) is 1. The smallest absolute Gasteiger partial charge is 0.328 e. The molecule has 1 aromatic rings. The maximum atomic E-state index is 11.2. The van der Waals surface area contributed by atoms with Crippen molar-refractivity contribution in [1.82, 2.24) is 5.32 Å². The van der Waals surface area contributed by atoms with Crippen LogP contribution in [0, 0.1) is 6.92 Å². The summed E-state index contributed by atoms with van der Waals surface area (Å²) < 4.78 is 0. The second-order valence-corrected chi connectivity index (χ2v) is 3.64. The number of hydrogen-bond acceptors (Lipinski definition) is 2. The number of amides is 1. The maximum Gasteiger partial charge on any atom is 0.328 e. The molecule has 0 aliphatic rings. The van der Waals surface area contributed by atoms with E-state index in [9.17, 15) is 9.59 Å². The van der Waals surface area contributed by atoms with E-state index in [-0.39, 0.29) is 5.91 Å². The molecule has 1 aromatic carbocycles. The summed E-state index contributed by atoms with van der Waals surface area (Å²) >= 11 is 0. The minimum atomic E-state index is -1.13.